The number of nitrogens with zero attached hydrogens (tertiary/aromatic N) is 2. The summed E-state index contributed by atoms with van der Waals surface area (Å²) in [6.45, 7) is 6.10. The van der Waals surface area contributed by atoms with Crippen LogP contribution in [-0.4, -0.2) is 9.97 Å². The number of hydrogen-bond donors (Lipinski definition) is 0. The second-order valence-electron chi connectivity index (χ2n) is 3.44. The molecule has 0 unspecified atom stereocenters. The van der Waals surface area contributed by atoms with Gasteiger partial charge in [0.25, 0.3) is 0 Å². The minimum atomic E-state index is 0.725. The summed E-state index contributed by atoms with van der Waals surface area (Å²) >= 11 is 6.11. The van der Waals surface area contributed by atoms with Gasteiger partial charge in [0.05, 0.1) is 5.02 Å². The second-order valence-corrected chi connectivity index (χ2v) is 3.85. The van der Waals surface area contributed by atoms with Crippen LogP contribution in [0.3, 0.4) is 0 Å². The molecule has 2 aromatic heterocycles. The number of pyridine rings is 2. The zero-order valence-corrected chi connectivity index (χ0v) is 9.18. The van der Waals surface area contributed by atoms with Crippen LogP contribution in [0.5, 0.6) is 0 Å². The fourth-order valence-electron chi connectivity index (χ4n) is 1.56. The van der Waals surface area contributed by atoms with Crippen LogP contribution >= 0.6 is 11.6 Å². The molecule has 0 saturated carbocycles. The van der Waals surface area contributed by atoms with Crippen LogP contribution in [0.25, 0.3) is 11.0 Å². The monoisotopic (exact) mass is 206 g/mol. The summed E-state index contributed by atoms with van der Waals surface area (Å²) in [4.78, 5) is 8.61. The molecule has 0 aliphatic carbocycles. The highest BCUT2D eigenvalue weighted by Crippen LogP contribution is 2.26. The molecular formula is C11H11ClN2. The topological polar surface area (TPSA) is 25.8 Å². The number of hydrogen-bond acceptors (Lipinski definition) is 2. The zero-order chi connectivity index (χ0) is 10.3. The first-order valence-corrected chi connectivity index (χ1v) is 4.87. The maximum absolute atomic E-state index is 6.11. The van der Waals surface area contributed by atoms with E-state index in [0.717, 1.165) is 21.7 Å². The molecule has 0 aliphatic rings. The maximum atomic E-state index is 6.11. The molecule has 2 heterocycles. The Morgan fingerprint density at radius 2 is 1.86 bits per heavy atom. The Bertz CT molecular complexity index is 506. The van der Waals surface area contributed by atoms with E-state index in [0.29, 0.717) is 0 Å². The van der Waals surface area contributed by atoms with Gasteiger partial charge in [0.1, 0.15) is 0 Å². The van der Waals surface area contributed by atoms with Crippen molar-refractivity contribution >= 4 is 22.6 Å². The van der Waals surface area contributed by atoms with Crippen molar-refractivity contribution in [2.75, 3.05) is 0 Å². The Kier molecular flexibility index (Phi) is 2.16. The summed E-state index contributed by atoms with van der Waals surface area (Å²) in [6, 6.07) is 1.80. The Balaban J connectivity index is 2.99. The Morgan fingerprint density at radius 1 is 1.14 bits per heavy atom. The van der Waals surface area contributed by atoms with Gasteiger partial charge < -0.3 is 0 Å². The first-order chi connectivity index (χ1) is 6.61. The SMILES string of the molecule is Cc1nc2nccc(Cl)c2c(C)c1C. The predicted octanol–water partition coefficient (Wildman–Crippen LogP) is 3.21. The Labute approximate surface area is 88.0 Å². The smallest absolute Gasteiger partial charge is 0.161 e. The molecule has 72 valence electrons. The van der Waals surface area contributed by atoms with Crippen molar-refractivity contribution < 1.29 is 0 Å². The lowest BCUT2D eigenvalue weighted by atomic mass is 10.1. The van der Waals surface area contributed by atoms with Gasteiger partial charge in [-0.15, -0.1) is 0 Å². The first-order valence-electron chi connectivity index (χ1n) is 4.49. The molecule has 0 saturated heterocycles. The molecule has 2 nitrogen and oxygen atoms in total. The normalized spacial score (nSPS) is 10.9. The molecule has 14 heavy (non-hydrogen) atoms. The van der Waals surface area contributed by atoms with E-state index in [4.69, 9.17) is 11.6 Å². The number of halogens is 1. The lowest BCUT2D eigenvalue weighted by Gasteiger charge is -2.08. The average molecular weight is 207 g/mol. The third-order valence-electron chi connectivity index (χ3n) is 2.63. The molecule has 0 N–H and O–H groups in total. The minimum absolute atomic E-state index is 0.725. The summed E-state index contributed by atoms with van der Waals surface area (Å²) in [5.74, 6) is 0. The Hall–Kier alpha value is -1.15. The van der Waals surface area contributed by atoms with E-state index in [1.54, 1.807) is 12.3 Å². The summed E-state index contributed by atoms with van der Waals surface area (Å²) in [7, 11) is 0. The van der Waals surface area contributed by atoms with Crippen molar-refractivity contribution in [3.8, 4) is 0 Å². The van der Waals surface area contributed by atoms with E-state index in [1.165, 1.54) is 11.1 Å². The number of rotatable bonds is 0. The van der Waals surface area contributed by atoms with Gasteiger partial charge in [-0.2, -0.15) is 0 Å². The van der Waals surface area contributed by atoms with Crippen LogP contribution in [0.2, 0.25) is 5.02 Å². The zero-order valence-electron chi connectivity index (χ0n) is 8.43. The number of aromatic nitrogens is 2. The van der Waals surface area contributed by atoms with Crippen LogP contribution in [-0.2, 0) is 0 Å². The molecule has 2 aromatic rings. The number of fused-ring (bicyclic) bond motifs is 1. The molecule has 0 aliphatic heterocycles. The minimum Gasteiger partial charge on any atom is -0.237 e. The van der Waals surface area contributed by atoms with Crippen molar-refractivity contribution in [3.05, 3.63) is 34.1 Å². The van der Waals surface area contributed by atoms with Crippen molar-refractivity contribution in [3.63, 3.8) is 0 Å². The van der Waals surface area contributed by atoms with Gasteiger partial charge in [0.2, 0.25) is 0 Å². The van der Waals surface area contributed by atoms with Gasteiger partial charge in [-0.05, 0) is 38.0 Å². The molecule has 0 spiro atoms. The van der Waals surface area contributed by atoms with Gasteiger partial charge >= 0.3 is 0 Å². The summed E-state index contributed by atoms with van der Waals surface area (Å²) < 4.78 is 0. The van der Waals surface area contributed by atoms with Crippen molar-refractivity contribution in [2.24, 2.45) is 0 Å². The maximum Gasteiger partial charge on any atom is 0.161 e. The summed E-state index contributed by atoms with van der Waals surface area (Å²) in [5.41, 5.74) is 4.11. The second kappa shape index (κ2) is 3.21. The standard InChI is InChI=1S/C11H11ClN2/c1-6-7(2)10-9(12)4-5-13-11(10)14-8(6)3/h4-5H,1-3H3. The molecule has 0 amide bonds. The molecular weight excluding hydrogens is 196 g/mol. The lowest BCUT2D eigenvalue weighted by molar-refractivity contribution is 1.14. The van der Waals surface area contributed by atoms with E-state index in [9.17, 15) is 0 Å². The average Bonchev–Trinajstić information content (AvgIpc) is 2.14. The van der Waals surface area contributed by atoms with E-state index < -0.39 is 0 Å². The highest BCUT2D eigenvalue weighted by atomic mass is 35.5. The van der Waals surface area contributed by atoms with Gasteiger partial charge in [-0.25, -0.2) is 9.97 Å². The largest absolute Gasteiger partial charge is 0.237 e. The molecule has 2 rings (SSSR count). The Morgan fingerprint density at radius 3 is 2.57 bits per heavy atom. The number of aryl methyl sites for hydroxylation is 2. The van der Waals surface area contributed by atoms with Gasteiger partial charge in [0.15, 0.2) is 5.65 Å². The van der Waals surface area contributed by atoms with Crippen molar-refractivity contribution in [1.29, 1.82) is 0 Å². The first kappa shape index (κ1) is 9.41. The highest BCUT2D eigenvalue weighted by molar-refractivity contribution is 6.35. The third kappa shape index (κ3) is 1.26. The fraction of sp³-hybridized carbons (Fsp3) is 0.273. The van der Waals surface area contributed by atoms with Crippen LogP contribution in [0.4, 0.5) is 0 Å². The fourth-order valence-corrected chi connectivity index (χ4v) is 1.84. The van der Waals surface area contributed by atoms with Crippen molar-refractivity contribution in [1.82, 2.24) is 9.97 Å². The molecule has 0 fully saturated rings. The van der Waals surface area contributed by atoms with Gasteiger partial charge in [0, 0.05) is 17.3 Å². The molecule has 0 aromatic carbocycles. The van der Waals surface area contributed by atoms with Gasteiger partial charge in [-0.3, -0.25) is 0 Å². The van der Waals surface area contributed by atoms with E-state index in [1.807, 2.05) is 6.92 Å². The molecule has 0 radical (unpaired) electrons. The molecule has 0 bridgehead atoms. The van der Waals surface area contributed by atoms with Crippen LogP contribution < -0.4 is 0 Å². The van der Waals surface area contributed by atoms with E-state index >= 15 is 0 Å². The third-order valence-corrected chi connectivity index (χ3v) is 2.95. The lowest BCUT2D eigenvalue weighted by Crippen LogP contribution is -1.95. The van der Waals surface area contributed by atoms with Gasteiger partial charge in [-0.1, -0.05) is 11.6 Å². The van der Waals surface area contributed by atoms with Crippen LogP contribution in [0.1, 0.15) is 16.8 Å². The predicted molar refractivity (Wildman–Crippen MR) is 58.8 cm³/mol. The summed E-state index contributed by atoms with van der Waals surface area (Å²) in [6.07, 6.45) is 1.69. The quantitative estimate of drug-likeness (QED) is 0.662. The van der Waals surface area contributed by atoms with E-state index in [2.05, 4.69) is 23.8 Å². The molecule has 3 heteroatoms. The van der Waals surface area contributed by atoms with Crippen molar-refractivity contribution in [2.45, 2.75) is 20.8 Å². The van der Waals surface area contributed by atoms with Crippen LogP contribution in [0, 0.1) is 20.8 Å². The molecule has 0 atom stereocenters. The highest BCUT2D eigenvalue weighted by Gasteiger charge is 2.08. The summed E-state index contributed by atoms with van der Waals surface area (Å²) in [5, 5.41) is 1.69. The van der Waals surface area contributed by atoms with Crippen LogP contribution in [0.15, 0.2) is 12.3 Å². The van der Waals surface area contributed by atoms with E-state index in [-0.39, 0.29) is 0 Å².